The van der Waals surface area contributed by atoms with Crippen LogP contribution in [0.15, 0.2) is 79.2 Å². The first-order valence-electron chi connectivity index (χ1n) is 42.0. The molecule has 36 nitrogen and oxygen atoms in total. The van der Waals surface area contributed by atoms with Crippen LogP contribution < -0.4 is 72.1 Å². The summed E-state index contributed by atoms with van der Waals surface area (Å²) in [7, 11) is 1.00. The zero-order valence-corrected chi connectivity index (χ0v) is 78.1. The molecule has 1 amide bonds. The lowest BCUT2D eigenvalue weighted by molar-refractivity contribution is -0.0981. The van der Waals surface area contributed by atoms with E-state index in [-0.39, 0.29) is 92.8 Å². The first-order chi connectivity index (χ1) is 57.2. The van der Waals surface area contributed by atoms with E-state index in [1.165, 1.54) is 55.9 Å². The van der Waals surface area contributed by atoms with Crippen molar-refractivity contribution >= 4 is 46.5 Å². The molecule has 122 heavy (non-hydrogen) atoms. The molecule has 0 aliphatic carbocycles. The Bertz CT molecular complexity index is 4600. The molecule has 0 unspecified atom stereocenters. The second-order valence-corrected chi connectivity index (χ2v) is 34.1. The van der Waals surface area contributed by atoms with Gasteiger partial charge in [0, 0.05) is 108 Å². The topological polar surface area (TPSA) is 499 Å². The number of aromatic nitrogens is 10. The molecule has 5 aromatic heterocycles. The maximum Gasteiger partial charge on any atom is 0.412 e. The molecule has 0 spiro atoms. The van der Waals surface area contributed by atoms with Crippen LogP contribution in [0.3, 0.4) is 0 Å². The number of rotatable bonds is 15. The maximum atomic E-state index is 12.1. The van der Waals surface area contributed by atoms with Crippen molar-refractivity contribution in [1.29, 1.82) is 0 Å². The van der Waals surface area contributed by atoms with Gasteiger partial charge in [0.25, 0.3) is 27.8 Å². The number of H-pyrrole nitrogens is 4. The Hall–Kier alpha value is -7.75. The van der Waals surface area contributed by atoms with E-state index in [1.54, 1.807) is 68.5 Å². The lowest BCUT2D eigenvalue weighted by Crippen LogP contribution is -2.41. The number of nitrogens with zero attached hydrogens (tertiary/aromatic N) is 9. The van der Waals surface area contributed by atoms with E-state index in [4.69, 9.17) is 83.2 Å². The third-order valence-corrected chi connectivity index (χ3v) is 25.2. The number of aliphatic hydroxyl groups excluding tert-OH is 2. The van der Waals surface area contributed by atoms with E-state index in [0.29, 0.717) is 38.8 Å². The molecular weight excluding hydrogens is 1640 g/mol. The fourth-order valence-corrected chi connectivity index (χ4v) is 16.9. The SMILES string of the molecule is C1CCOC1.CC(=S)NC(=O)OC(C)(C)C.CCC1(CC)O[C@@H](n2cc(C)c(=O)[nH]c2=O)[C@@H](O)[C@@H]1C.CCC1(CC)O[C@@H](n2cc(C)c(=O)[nH]c2=O)[C@H](N)[C@@H]1C.CCC1(CC)O[C@@H](n2cc(C)c(=O)[nH]c2=O)[C@H](N)[C@@H]1C.CCC1(CC)O[C@@H](n2cc(C)c(=O)[nH]c2=O)[C@H](N=[N+]=[N-])[C@@H]1C.CCC1(CC)O[C@@H]2[C@@H](Oc3nc(=O)c(C)cn32)[C@@H]1C.CO.ClCCl. The van der Waals surface area contributed by atoms with Gasteiger partial charge in [-0.15, -0.1) is 23.2 Å². The van der Waals surface area contributed by atoms with Gasteiger partial charge in [0.15, 0.2) is 31.0 Å². The van der Waals surface area contributed by atoms with Crippen molar-refractivity contribution in [3.05, 3.63) is 163 Å². The van der Waals surface area contributed by atoms with Crippen LogP contribution in [-0.4, -0.2) is 159 Å². The van der Waals surface area contributed by atoms with Gasteiger partial charge in [-0.2, -0.15) is 4.98 Å². The molecule has 15 atom stereocenters. The molecule has 12 heterocycles. The van der Waals surface area contributed by atoms with Gasteiger partial charge in [0.1, 0.15) is 17.9 Å². The maximum absolute atomic E-state index is 12.1. The van der Waals surface area contributed by atoms with Gasteiger partial charge < -0.3 is 59.6 Å². The predicted octanol–water partition coefficient (Wildman–Crippen LogP) is 10.7. The number of aryl methyl sites for hydroxylation is 5. The van der Waals surface area contributed by atoms with Crippen molar-refractivity contribution in [2.45, 2.75) is 338 Å². The second-order valence-electron chi connectivity index (χ2n) is 32.7. The largest absolute Gasteiger partial charge is 0.456 e. The molecular formula is C83H136Cl2N16O20S. The number of aromatic amines is 4. The number of alkyl carbamates (subject to hydrolysis) is 1. The van der Waals surface area contributed by atoms with Gasteiger partial charge in [-0.25, -0.2) is 24.0 Å². The molecule has 688 valence electrons. The van der Waals surface area contributed by atoms with Gasteiger partial charge in [-0.3, -0.25) is 72.1 Å². The minimum Gasteiger partial charge on any atom is -0.456 e. The number of nitrogens with one attached hydrogen (secondary N) is 5. The van der Waals surface area contributed by atoms with Crippen molar-refractivity contribution in [2.24, 2.45) is 46.2 Å². The van der Waals surface area contributed by atoms with Crippen LogP contribution in [0.4, 0.5) is 4.79 Å². The van der Waals surface area contributed by atoms with Crippen molar-refractivity contribution in [2.75, 3.05) is 25.7 Å². The summed E-state index contributed by atoms with van der Waals surface area (Å²) in [6.07, 6.45) is 14.6. The van der Waals surface area contributed by atoms with Crippen LogP contribution in [0.5, 0.6) is 6.01 Å². The van der Waals surface area contributed by atoms with Crippen LogP contribution in [0.2, 0.25) is 0 Å². The Morgan fingerprint density at radius 2 is 0.844 bits per heavy atom. The highest BCUT2D eigenvalue weighted by atomic mass is 35.5. The Balaban J connectivity index is 0.000000302. The molecule has 39 heteroatoms. The lowest BCUT2D eigenvalue weighted by atomic mass is 9.82. The molecule has 0 radical (unpaired) electrons. The minimum absolute atomic E-state index is 0.0393. The predicted molar refractivity (Wildman–Crippen MR) is 472 cm³/mol. The molecule has 7 aliphatic rings. The first kappa shape index (κ1) is 107. The normalized spacial score (nSPS) is 25.9. The summed E-state index contributed by atoms with van der Waals surface area (Å²) in [4.78, 5) is 133. The summed E-state index contributed by atoms with van der Waals surface area (Å²) < 4.78 is 53.8. The number of fused-ring (bicyclic) bond motifs is 3. The number of thiocarbonyl (C=S) groups is 1. The summed E-state index contributed by atoms with van der Waals surface area (Å²) >= 11 is 14.2. The van der Waals surface area contributed by atoms with Crippen LogP contribution in [-0.2, 0) is 33.2 Å². The third kappa shape index (κ3) is 24.5. The van der Waals surface area contributed by atoms with Gasteiger partial charge in [-0.05, 0) is 151 Å². The minimum atomic E-state index is -0.780. The molecule has 6 fully saturated rings. The first-order valence-corrected chi connectivity index (χ1v) is 43.5. The fraction of sp³-hybridized carbons (Fsp3) is 0.735. The van der Waals surface area contributed by atoms with Gasteiger partial charge in [-0.1, -0.05) is 121 Å². The Morgan fingerprint density at radius 3 is 1.16 bits per heavy atom. The van der Waals surface area contributed by atoms with Crippen molar-refractivity contribution in [3.8, 4) is 6.01 Å². The summed E-state index contributed by atoms with van der Waals surface area (Å²) in [5.41, 5.74) is 17.8. The number of hydrogen-bond donors (Lipinski definition) is 9. The molecule has 0 saturated carbocycles. The van der Waals surface area contributed by atoms with Crippen molar-refractivity contribution < 1.29 is 52.9 Å². The number of alkyl halides is 2. The number of amides is 1. The van der Waals surface area contributed by atoms with Crippen LogP contribution in [0.25, 0.3) is 10.4 Å². The number of aliphatic hydroxyl groups is 2. The average Bonchev–Trinajstić information content (AvgIpc) is 1.46. The molecule has 5 aromatic rings. The molecule has 0 bridgehead atoms. The average molecular weight is 1780 g/mol. The summed E-state index contributed by atoms with van der Waals surface area (Å²) in [5.74, 6) is 0.442. The van der Waals surface area contributed by atoms with E-state index < -0.39 is 93.8 Å². The molecule has 11 N–H and O–H groups in total. The lowest BCUT2D eigenvalue weighted by Gasteiger charge is -2.31. The van der Waals surface area contributed by atoms with Crippen LogP contribution in [0, 0.1) is 64.2 Å². The zero-order chi connectivity index (χ0) is 92.8. The number of nitrogens with two attached hydrogens (primary N) is 2. The zero-order valence-electron chi connectivity index (χ0n) is 75.7. The Kier molecular flexibility index (Phi) is 40.6. The van der Waals surface area contributed by atoms with E-state index in [9.17, 15) is 53.1 Å². The van der Waals surface area contributed by atoms with E-state index in [0.717, 1.165) is 84.5 Å². The second kappa shape index (κ2) is 46.5. The highest BCUT2D eigenvalue weighted by Crippen LogP contribution is 2.52. The number of hydrogen-bond acceptors (Lipinski definition) is 25. The fourth-order valence-electron chi connectivity index (χ4n) is 16.8. The molecule has 0 aromatic carbocycles. The smallest absolute Gasteiger partial charge is 0.412 e. The summed E-state index contributed by atoms with van der Waals surface area (Å²) in [5, 5.41) is 23.8. The van der Waals surface area contributed by atoms with Gasteiger partial charge in [0.05, 0.1) is 56.5 Å². The van der Waals surface area contributed by atoms with Crippen molar-refractivity contribution in [3.63, 3.8) is 0 Å². The number of halogens is 2. The van der Waals surface area contributed by atoms with Gasteiger partial charge in [0.2, 0.25) is 0 Å². The Morgan fingerprint density at radius 1 is 0.541 bits per heavy atom. The van der Waals surface area contributed by atoms with Crippen molar-refractivity contribution in [1.82, 2.24) is 53.1 Å². The summed E-state index contributed by atoms with van der Waals surface area (Å²) in [6.45, 7) is 48.1. The highest BCUT2D eigenvalue weighted by Gasteiger charge is 2.58. The standard InChI is InChI=1S/C14H21N5O3.2C14H23N3O3.C14H22N2O4.C14H20N2O3.C7H13NO2S.C4H8O.CH2Cl2.CH4O/c1-5-14(6-2)9(4)10(17-18-15)12(22-14)19-7-8(3)11(20)16-13(19)21;2*1-5-14(6-2)9(4)10(15)12(20-14)17-7-8(3)11(18)16-13(17)19;1-5-14(6-2)9(4)10(17)12(20-14)16-7-8(3)11(18)15-13(16)19;1-5-14(6-2)9(4)10-12(19-14)16-7-8(3)11(17)15-13(16)18-10;1-5(11)8-6(9)10-7(2,3)4;1-2-4-5-3-1;2-1-3;1-2/h7,9-10,12H,5-6H2,1-4H3,(H,16,20,21);2*7,9-10,12H,5-6,15H2,1-4H3,(H,16,18,19);7,9-10,12,17H,5-6H2,1-4H3,(H,15,18,19);7,9-10,12H,5-6H2,1-4H3;1-4H3,(H,8,9,11);1-4H2;1H2;2H,1H3/t3*9-,10+,12+;2*9-,10-,12+;;;;/m00000..../s1. The third-order valence-electron chi connectivity index (χ3n) is 25.1. The quantitative estimate of drug-likeness (QED) is 0.0155. The summed E-state index contributed by atoms with van der Waals surface area (Å²) in [6, 6.07) is -0.679. The number of azide groups is 1. The monoisotopic (exact) mass is 1780 g/mol. The van der Waals surface area contributed by atoms with E-state index in [1.807, 2.05) is 46.1 Å². The van der Waals surface area contributed by atoms with E-state index in [2.05, 4.69) is 115 Å². The molecule has 7 aliphatic heterocycles. The number of carbonyl (C=O) groups is 1. The molecule has 6 saturated heterocycles. The van der Waals surface area contributed by atoms with Crippen LogP contribution in [0.1, 0.15) is 268 Å². The Labute approximate surface area is 727 Å². The van der Waals surface area contributed by atoms with Crippen LogP contribution >= 0.6 is 35.4 Å². The van der Waals surface area contributed by atoms with Gasteiger partial charge >= 0.3 is 34.9 Å². The number of carbonyl (C=O) groups excluding carboxylic acids is 1. The van der Waals surface area contributed by atoms with E-state index >= 15 is 0 Å². The number of ether oxygens (including phenoxy) is 8. The highest BCUT2D eigenvalue weighted by molar-refractivity contribution is 7.80. The molecule has 12 rings (SSSR count).